The summed E-state index contributed by atoms with van der Waals surface area (Å²) in [6, 6.07) is -1.01. The fourth-order valence-corrected chi connectivity index (χ4v) is 4.12. The molecule has 120 valence electrons. The maximum atomic E-state index is 12.5. The van der Waals surface area contributed by atoms with Crippen molar-refractivity contribution in [3.8, 4) is 0 Å². The van der Waals surface area contributed by atoms with Gasteiger partial charge in [0.15, 0.2) is 0 Å². The number of thioether (sulfide) groups is 1. The van der Waals surface area contributed by atoms with Gasteiger partial charge in [0.05, 0.1) is 5.37 Å². The fourth-order valence-electron chi connectivity index (χ4n) is 2.61. The normalized spacial score (nSPS) is 27.8. The lowest BCUT2D eigenvalue weighted by atomic mass is 10.2. The molecule has 2 amide bonds. The first-order chi connectivity index (χ1) is 10.0. The standard InChI is InChI=1S/C13H24N4O3S/c1-3-4-11-17(10(9-21-11)12(18)19)13(20)14-16-7-5-15(2)6-8-16/h10-11H,3-9H2,1-2H3,(H,14,20)(H,18,19). The minimum Gasteiger partial charge on any atom is -0.480 e. The van der Waals surface area contributed by atoms with E-state index in [0.717, 1.165) is 39.0 Å². The van der Waals surface area contributed by atoms with Gasteiger partial charge in [-0.15, -0.1) is 11.8 Å². The summed E-state index contributed by atoms with van der Waals surface area (Å²) in [5.74, 6) is -0.453. The van der Waals surface area contributed by atoms with E-state index in [1.807, 2.05) is 19.0 Å². The maximum Gasteiger partial charge on any atom is 0.333 e. The lowest BCUT2D eigenvalue weighted by Gasteiger charge is -2.35. The molecule has 2 N–H and O–H groups in total. The number of carboxylic acids is 1. The Morgan fingerprint density at radius 3 is 2.52 bits per heavy atom. The Bertz CT molecular complexity index is 388. The molecule has 2 fully saturated rings. The van der Waals surface area contributed by atoms with Crippen LogP contribution in [-0.2, 0) is 4.79 Å². The summed E-state index contributed by atoms with van der Waals surface area (Å²) in [7, 11) is 2.05. The summed E-state index contributed by atoms with van der Waals surface area (Å²) in [4.78, 5) is 27.5. The molecule has 2 rings (SSSR count). The van der Waals surface area contributed by atoms with E-state index in [9.17, 15) is 14.7 Å². The van der Waals surface area contributed by atoms with Crippen molar-refractivity contribution >= 4 is 23.8 Å². The van der Waals surface area contributed by atoms with Crippen LogP contribution in [0.15, 0.2) is 0 Å². The molecule has 2 unspecified atom stereocenters. The Kier molecular flexibility index (Phi) is 5.72. The number of carbonyl (C=O) groups is 2. The summed E-state index contributed by atoms with van der Waals surface area (Å²) in [5.41, 5.74) is 2.87. The smallest absolute Gasteiger partial charge is 0.333 e. The molecule has 0 saturated carbocycles. The third-order valence-corrected chi connectivity index (χ3v) is 5.26. The van der Waals surface area contributed by atoms with Gasteiger partial charge in [-0.05, 0) is 13.5 Å². The van der Waals surface area contributed by atoms with E-state index in [0.29, 0.717) is 5.75 Å². The number of amides is 2. The van der Waals surface area contributed by atoms with Gasteiger partial charge < -0.3 is 10.0 Å². The molecule has 0 aromatic rings. The molecule has 2 heterocycles. The summed E-state index contributed by atoms with van der Waals surface area (Å²) in [5, 5.41) is 11.1. The highest BCUT2D eigenvalue weighted by atomic mass is 32.2. The van der Waals surface area contributed by atoms with Crippen LogP contribution in [0.1, 0.15) is 19.8 Å². The molecule has 2 aliphatic rings. The number of carboxylic acid groups (broad SMARTS) is 1. The molecule has 0 radical (unpaired) electrons. The summed E-state index contributed by atoms with van der Waals surface area (Å²) < 4.78 is 0. The van der Waals surface area contributed by atoms with Crippen molar-refractivity contribution in [2.24, 2.45) is 0 Å². The molecule has 0 aromatic carbocycles. The highest BCUT2D eigenvalue weighted by molar-refractivity contribution is 8.00. The van der Waals surface area contributed by atoms with Gasteiger partial charge in [0.1, 0.15) is 6.04 Å². The van der Waals surface area contributed by atoms with Crippen molar-refractivity contribution in [3.05, 3.63) is 0 Å². The van der Waals surface area contributed by atoms with Gasteiger partial charge >= 0.3 is 12.0 Å². The monoisotopic (exact) mass is 316 g/mol. The average Bonchev–Trinajstić information content (AvgIpc) is 2.86. The molecule has 8 heteroatoms. The van der Waals surface area contributed by atoms with Crippen molar-refractivity contribution in [3.63, 3.8) is 0 Å². The Labute approximate surface area is 129 Å². The first kappa shape index (κ1) is 16.4. The first-order valence-electron chi connectivity index (χ1n) is 7.39. The second kappa shape index (κ2) is 7.33. The van der Waals surface area contributed by atoms with Crippen molar-refractivity contribution in [2.75, 3.05) is 39.0 Å². The molecule has 0 aromatic heterocycles. The van der Waals surface area contributed by atoms with E-state index in [-0.39, 0.29) is 11.4 Å². The largest absolute Gasteiger partial charge is 0.480 e. The van der Waals surface area contributed by atoms with E-state index >= 15 is 0 Å². The maximum absolute atomic E-state index is 12.5. The van der Waals surface area contributed by atoms with E-state index in [4.69, 9.17) is 0 Å². The number of urea groups is 1. The number of carbonyl (C=O) groups excluding carboxylic acids is 1. The van der Waals surface area contributed by atoms with Crippen LogP contribution < -0.4 is 5.43 Å². The molecule has 2 aliphatic heterocycles. The number of piperazine rings is 1. The van der Waals surface area contributed by atoms with Gasteiger partial charge in [-0.1, -0.05) is 13.3 Å². The average molecular weight is 316 g/mol. The third-order valence-electron chi connectivity index (χ3n) is 3.90. The van der Waals surface area contributed by atoms with Crippen LogP contribution in [0.5, 0.6) is 0 Å². The second-order valence-electron chi connectivity index (χ2n) is 5.55. The minimum atomic E-state index is -0.922. The van der Waals surface area contributed by atoms with Crippen LogP contribution in [0.4, 0.5) is 4.79 Å². The Morgan fingerprint density at radius 2 is 1.95 bits per heavy atom. The van der Waals surface area contributed by atoms with Crippen molar-refractivity contribution < 1.29 is 14.7 Å². The Balaban J connectivity index is 1.97. The first-order valence-corrected chi connectivity index (χ1v) is 8.44. The van der Waals surface area contributed by atoms with Gasteiger partial charge in [0.25, 0.3) is 0 Å². The number of hydrazine groups is 1. The third kappa shape index (κ3) is 4.02. The van der Waals surface area contributed by atoms with Crippen molar-refractivity contribution in [1.82, 2.24) is 20.2 Å². The van der Waals surface area contributed by atoms with E-state index in [1.54, 1.807) is 11.8 Å². The second-order valence-corrected chi connectivity index (χ2v) is 6.76. The quantitative estimate of drug-likeness (QED) is 0.786. The summed E-state index contributed by atoms with van der Waals surface area (Å²) >= 11 is 1.56. The van der Waals surface area contributed by atoms with Gasteiger partial charge in [-0.3, -0.25) is 10.3 Å². The van der Waals surface area contributed by atoms with Gasteiger partial charge in [-0.2, -0.15) is 0 Å². The highest BCUT2D eigenvalue weighted by Crippen LogP contribution is 2.32. The number of nitrogens with one attached hydrogen (secondary N) is 1. The van der Waals surface area contributed by atoms with Crippen LogP contribution in [0, 0.1) is 0 Å². The number of likely N-dealkylation sites (N-methyl/N-ethyl adjacent to an activating group) is 1. The lowest BCUT2D eigenvalue weighted by Crippen LogP contribution is -2.58. The molecule has 0 bridgehead atoms. The van der Waals surface area contributed by atoms with Crippen LogP contribution in [-0.4, -0.2) is 82.3 Å². The van der Waals surface area contributed by atoms with Gasteiger partial charge in [0.2, 0.25) is 0 Å². The molecule has 7 nitrogen and oxygen atoms in total. The van der Waals surface area contributed by atoms with Gasteiger partial charge in [-0.25, -0.2) is 14.6 Å². The predicted octanol–water partition coefficient (Wildman–Crippen LogP) is 0.487. The number of nitrogens with zero attached hydrogens (tertiary/aromatic N) is 3. The lowest BCUT2D eigenvalue weighted by molar-refractivity contribution is -0.141. The number of hydrogen-bond acceptors (Lipinski definition) is 5. The Hall–Kier alpha value is -0.990. The van der Waals surface area contributed by atoms with E-state index < -0.39 is 12.0 Å². The van der Waals surface area contributed by atoms with Gasteiger partial charge in [0, 0.05) is 31.9 Å². The highest BCUT2D eigenvalue weighted by Gasteiger charge is 2.41. The molecule has 0 aliphatic carbocycles. The van der Waals surface area contributed by atoms with E-state index in [1.165, 1.54) is 4.90 Å². The number of rotatable bonds is 4. The number of aliphatic carboxylic acids is 1. The molecular weight excluding hydrogens is 292 g/mol. The SMILES string of the molecule is CCCC1SCC(C(=O)O)N1C(=O)NN1CCN(C)CC1. The summed E-state index contributed by atoms with van der Waals surface area (Å²) in [6.45, 7) is 5.37. The van der Waals surface area contributed by atoms with Crippen molar-refractivity contribution in [1.29, 1.82) is 0 Å². The fraction of sp³-hybridized carbons (Fsp3) is 0.846. The van der Waals surface area contributed by atoms with Crippen LogP contribution in [0.25, 0.3) is 0 Å². The topological polar surface area (TPSA) is 76.1 Å². The number of hydrogen-bond donors (Lipinski definition) is 2. The Morgan fingerprint density at radius 1 is 1.29 bits per heavy atom. The molecule has 2 atom stereocenters. The zero-order valence-electron chi connectivity index (χ0n) is 12.6. The molecular formula is C13H24N4O3S. The minimum absolute atomic E-state index is 0.0384. The zero-order valence-corrected chi connectivity index (χ0v) is 13.4. The zero-order chi connectivity index (χ0) is 15.4. The van der Waals surface area contributed by atoms with Crippen LogP contribution >= 0.6 is 11.8 Å². The van der Waals surface area contributed by atoms with E-state index in [2.05, 4.69) is 10.3 Å². The van der Waals surface area contributed by atoms with Crippen LogP contribution in [0.3, 0.4) is 0 Å². The molecule has 0 spiro atoms. The summed E-state index contributed by atoms with van der Waals surface area (Å²) in [6.07, 6.45) is 1.76. The molecule has 21 heavy (non-hydrogen) atoms. The molecule has 2 saturated heterocycles. The van der Waals surface area contributed by atoms with Crippen molar-refractivity contribution in [2.45, 2.75) is 31.2 Å². The van der Waals surface area contributed by atoms with Crippen LogP contribution in [0.2, 0.25) is 0 Å². The predicted molar refractivity (Wildman–Crippen MR) is 82.0 cm³/mol.